The van der Waals surface area contributed by atoms with Crippen molar-refractivity contribution in [2.45, 2.75) is 38.1 Å². The summed E-state index contributed by atoms with van der Waals surface area (Å²) in [6, 6.07) is 13.6. The highest BCUT2D eigenvalue weighted by molar-refractivity contribution is 5.91. The largest absolute Gasteiger partial charge is 0.496 e. The van der Waals surface area contributed by atoms with Crippen LogP contribution in [0.4, 0.5) is 0 Å². The molecule has 3 rings (SSSR count). The van der Waals surface area contributed by atoms with E-state index in [0.29, 0.717) is 6.04 Å². The van der Waals surface area contributed by atoms with E-state index in [0.717, 1.165) is 12.2 Å². The second-order valence-corrected chi connectivity index (χ2v) is 5.66. The van der Waals surface area contributed by atoms with Crippen LogP contribution < -0.4 is 10.1 Å². The molecule has 1 fully saturated rings. The summed E-state index contributed by atoms with van der Waals surface area (Å²) in [7, 11) is 1.74. The number of hydrogen-bond acceptors (Lipinski definition) is 2. The zero-order chi connectivity index (χ0) is 13.8. The van der Waals surface area contributed by atoms with Crippen molar-refractivity contribution in [1.29, 1.82) is 0 Å². The van der Waals surface area contributed by atoms with Crippen molar-refractivity contribution in [3.05, 3.63) is 42.0 Å². The van der Waals surface area contributed by atoms with Gasteiger partial charge in [0.1, 0.15) is 5.75 Å². The number of ether oxygens (including phenoxy) is 1. The molecule has 2 aromatic rings. The quantitative estimate of drug-likeness (QED) is 0.908. The minimum atomic E-state index is 0.699. The average Bonchev–Trinajstić information content (AvgIpc) is 2.53. The van der Waals surface area contributed by atoms with E-state index >= 15 is 0 Å². The fraction of sp³-hybridized carbons (Fsp3) is 0.444. The third-order valence-electron chi connectivity index (χ3n) is 4.37. The van der Waals surface area contributed by atoms with Crippen LogP contribution in [0.2, 0.25) is 0 Å². The summed E-state index contributed by atoms with van der Waals surface area (Å²) in [6.45, 7) is 1.19. The van der Waals surface area contributed by atoms with Crippen LogP contribution in [-0.2, 0) is 6.42 Å². The Balaban J connectivity index is 1.80. The van der Waals surface area contributed by atoms with E-state index in [2.05, 4.69) is 41.7 Å². The standard InChI is InChI=1S/C18H23NO/c1-20-18-12-10-14(16-7-2-3-8-17(16)18)9-11-15-6-4-5-13-19-15/h2-3,7-8,10,12,15,19H,4-6,9,11,13H2,1H3. The number of fused-ring (bicyclic) bond motifs is 1. The number of benzene rings is 2. The molecule has 2 aromatic carbocycles. The first-order valence-corrected chi connectivity index (χ1v) is 7.66. The normalized spacial score (nSPS) is 19.1. The van der Waals surface area contributed by atoms with Crippen LogP contribution in [0, 0.1) is 0 Å². The van der Waals surface area contributed by atoms with Gasteiger partial charge in [0.25, 0.3) is 0 Å². The van der Waals surface area contributed by atoms with Gasteiger partial charge >= 0.3 is 0 Å². The molecule has 1 saturated heterocycles. The molecule has 1 aliphatic heterocycles. The van der Waals surface area contributed by atoms with Gasteiger partial charge in [0.2, 0.25) is 0 Å². The molecule has 1 atom stereocenters. The van der Waals surface area contributed by atoms with Crippen molar-refractivity contribution in [1.82, 2.24) is 5.32 Å². The molecule has 106 valence electrons. The van der Waals surface area contributed by atoms with E-state index in [-0.39, 0.29) is 0 Å². The van der Waals surface area contributed by atoms with Crippen LogP contribution >= 0.6 is 0 Å². The zero-order valence-electron chi connectivity index (χ0n) is 12.2. The third-order valence-corrected chi connectivity index (χ3v) is 4.37. The molecule has 1 heterocycles. The first-order chi connectivity index (χ1) is 9.88. The fourth-order valence-corrected chi connectivity index (χ4v) is 3.23. The molecular weight excluding hydrogens is 246 g/mol. The number of nitrogens with one attached hydrogen (secondary N) is 1. The summed E-state index contributed by atoms with van der Waals surface area (Å²) < 4.78 is 5.46. The van der Waals surface area contributed by atoms with E-state index in [9.17, 15) is 0 Å². The molecule has 0 amide bonds. The van der Waals surface area contributed by atoms with Crippen molar-refractivity contribution < 1.29 is 4.74 Å². The lowest BCUT2D eigenvalue weighted by Gasteiger charge is -2.23. The molecule has 0 spiro atoms. The van der Waals surface area contributed by atoms with Gasteiger partial charge in [0, 0.05) is 11.4 Å². The summed E-state index contributed by atoms with van der Waals surface area (Å²) in [5, 5.41) is 6.20. The second kappa shape index (κ2) is 6.27. The van der Waals surface area contributed by atoms with Crippen LogP contribution in [0.1, 0.15) is 31.2 Å². The first kappa shape index (κ1) is 13.4. The molecule has 1 unspecified atom stereocenters. The highest BCUT2D eigenvalue weighted by Crippen LogP contribution is 2.29. The fourth-order valence-electron chi connectivity index (χ4n) is 3.23. The van der Waals surface area contributed by atoms with Gasteiger partial charge in [-0.3, -0.25) is 0 Å². The maximum atomic E-state index is 5.46. The highest BCUT2D eigenvalue weighted by Gasteiger charge is 2.13. The molecule has 20 heavy (non-hydrogen) atoms. The lowest BCUT2D eigenvalue weighted by atomic mass is 9.95. The van der Waals surface area contributed by atoms with Crippen molar-refractivity contribution >= 4 is 10.8 Å². The van der Waals surface area contributed by atoms with Gasteiger partial charge in [0.05, 0.1) is 7.11 Å². The van der Waals surface area contributed by atoms with Gasteiger partial charge in [-0.1, -0.05) is 36.8 Å². The molecule has 0 aromatic heterocycles. The summed E-state index contributed by atoms with van der Waals surface area (Å²) >= 11 is 0. The number of methoxy groups -OCH3 is 1. The Labute approximate surface area is 121 Å². The van der Waals surface area contributed by atoms with E-state index in [1.807, 2.05) is 0 Å². The number of piperidine rings is 1. The first-order valence-electron chi connectivity index (χ1n) is 7.66. The summed E-state index contributed by atoms with van der Waals surface area (Å²) in [6.07, 6.45) is 6.41. The van der Waals surface area contributed by atoms with E-state index in [1.165, 1.54) is 48.6 Å². The predicted octanol–water partition coefficient (Wildman–Crippen LogP) is 3.92. The monoisotopic (exact) mass is 269 g/mol. The SMILES string of the molecule is COc1ccc(CCC2CCCCN2)c2ccccc12. The van der Waals surface area contributed by atoms with Crippen molar-refractivity contribution in [2.24, 2.45) is 0 Å². The third kappa shape index (κ3) is 2.80. The Kier molecular flexibility index (Phi) is 4.22. The summed E-state index contributed by atoms with van der Waals surface area (Å²) in [5.74, 6) is 0.972. The van der Waals surface area contributed by atoms with Gasteiger partial charge in [-0.15, -0.1) is 0 Å². The number of rotatable bonds is 4. The molecule has 0 bridgehead atoms. The Bertz CT molecular complexity index is 573. The maximum Gasteiger partial charge on any atom is 0.126 e. The van der Waals surface area contributed by atoms with Crippen molar-refractivity contribution in [3.63, 3.8) is 0 Å². The van der Waals surface area contributed by atoms with E-state index < -0.39 is 0 Å². The van der Waals surface area contributed by atoms with Gasteiger partial charge in [-0.05, 0) is 49.2 Å². The van der Waals surface area contributed by atoms with Gasteiger partial charge < -0.3 is 10.1 Å². The molecular formula is C18H23NO. The molecule has 0 aliphatic carbocycles. The second-order valence-electron chi connectivity index (χ2n) is 5.66. The molecule has 1 aliphatic rings. The van der Waals surface area contributed by atoms with Crippen LogP contribution in [0.5, 0.6) is 5.75 Å². The Hall–Kier alpha value is -1.54. The maximum absolute atomic E-state index is 5.46. The Morgan fingerprint density at radius 1 is 1.10 bits per heavy atom. The van der Waals surface area contributed by atoms with Gasteiger partial charge in [0.15, 0.2) is 0 Å². The van der Waals surface area contributed by atoms with Crippen LogP contribution in [0.3, 0.4) is 0 Å². The van der Waals surface area contributed by atoms with Crippen LogP contribution in [0.25, 0.3) is 10.8 Å². The number of aryl methyl sites for hydroxylation is 1. The minimum absolute atomic E-state index is 0.699. The minimum Gasteiger partial charge on any atom is -0.496 e. The van der Waals surface area contributed by atoms with Crippen LogP contribution in [-0.4, -0.2) is 19.7 Å². The zero-order valence-corrected chi connectivity index (χ0v) is 12.2. The highest BCUT2D eigenvalue weighted by atomic mass is 16.5. The predicted molar refractivity (Wildman–Crippen MR) is 84.5 cm³/mol. The van der Waals surface area contributed by atoms with Crippen molar-refractivity contribution in [2.75, 3.05) is 13.7 Å². The lowest BCUT2D eigenvalue weighted by Crippen LogP contribution is -2.34. The molecule has 0 radical (unpaired) electrons. The molecule has 2 nitrogen and oxygen atoms in total. The van der Waals surface area contributed by atoms with Crippen LogP contribution in [0.15, 0.2) is 36.4 Å². The van der Waals surface area contributed by atoms with Crippen molar-refractivity contribution in [3.8, 4) is 5.75 Å². The van der Waals surface area contributed by atoms with Gasteiger partial charge in [-0.2, -0.15) is 0 Å². The molecule has 0 saturated carbocycles. The van der Waals surface area contributed by atoms with E-state index in [1.54, 1.807) is 7.11 Å². The number of hydrogen-bond donors (Lipinski definition) is 1. The molecule has 2 heteroatoms. The lowest BCUT2D eigenvalue weighted by molar-refractivity contribution is 0.383. The topological polar surface area (TPSA) is 21.3 Å². The summed E-state index contributed by atoms with van der Waals surface area (Å²) in [5.41, 5.74) is 1.44. The average molecular weight is 269 g/mol. The van der Waals surface area contributed by atoms with Gasteiger partial charge in [-0.25, -0.2) is 0 Å². The molecule has 1 N–H and O–H groups in total. The Morgan fingerprint density at radius 2 is 1.95 bits per heavy atom. The summed E-state index contributed by atoms with van der Waals surface area (Å²) in [4.78, 5) is 0. The smallest absolute Gasteiger partial charge is 0.126 e. The Morgan fingerprint density at radius 3 is 2.70 bits per heavy atom. The van der Waals surface area contributed by atoms with E-state index in [4.69, 9.17) is 4.74 Å².